The van der Waals surface area contributed by atoms with Crippen LogP contribution in [0.4, 0.5) is 5.69 Å². The highest BCUT2D eigenvalue weighted by atomic mass is 16.5. The van der Waals surface area contributed by atoms with Crippen molar-refractivity contribution in [1.82, 2.24) is 4.90 Å². The Kier molecular flexibility index (Phi) is 6.78. The van der Waals surface area contributed by atoms with Gasteiger partial charge >= 0.3 is 5.97 Å². The number of nitrogens with zero attached hydrogens (tertiary/aromatic N) is 2. The number of aryl methyl sites for hydroxylation is 5. The Morgan fingerprint density at radius 3 is 2.30 bits per heavy atom. The maximum Gasteiger partial charge on any atom is 0.338 e. The fourth-order valence-electron chi connectivity index (χ4n) is 2.80. The average Bonchev–Trinajstić information content (AvgIpc) is 2.63. The highest BCUT2D eigenvalue weighted by molar-refractivity contribution is 5.92. The summed E-state index contributed by atoms with van der Waals surface area (Å²) < 4.78 is 5.60. The van der Waals surface area contributed by atoms with Crippen LogP contribution in [-0.4, -0.2) is 30.8 Å². The molecule has 0 aliphatic carbocycles. The summed E-state index contributed by atoms with van der Waals surface area (Å²) in [6.07, 6.45) is 1.81. The highest BCUT2D eigenvalue weighted by Crippen LogP contribution is 2.24. The predicted octanol–water partition coefficient (Wildman–Crippen LogP) is 5.20. The molecule has 0 atom stereocenters. The van der Waals surface area contributed by atoms with Crippen molar-refractivity contribution in [3.63, 3.8) is 0 Å². The number of rotatable bonds is 6. The maximum atomic E-state index is 12.6. The van der Waals surface area contributed by atoms with E-state index in [2.05, 4.69) is 37.9 Å². The second kappa shape index (κ2) is 8.85. The molecule has 0 radical (unpaired) electrons. The van der Waals surface area contributed by atoms with Crippen molar-refractivity contribution in [2.45, 2.75) is 48.1 Å². The third-order valence-corrected chi connectivity index (χ3v) is 4.97. The van der Waals surface area contributed by atoms with Crippen LogP contribution >= 0.6 is 0 Å². The quantitative estimate of drug-likeness (QED) is 0.401. The summed E-state index contributed by atoms with van der Waals surface area (Å²) in [5, 5.41) is 0. The van der Waals surface area contributed by atoms with Gasteiger partial charge < -0.3 is 9.64 Å². The molecular weight excluding hydrogens is 336 g/mol. The Labute approximate surface area is 162 Å². The van der Waals surface area contributed by atoms with Gasteiger partial charge in [0.1, 0.15) is 6.61 Å². The molecule has 0 aliphatic rings. The Morgan fingerprint density at radius 2 is 1.63 bits per heavy atom. The van der Waals surface area contributed by atoms with Gasteiger partial charge in [-0.15, -0.1) is 0 Å². The molecule has 27 heavy (non-hydrogen) atoms. The fraction of sp³-hybridized carbons (Fsp3) is 0.391. The van der Waals surface area contributed by atoms with Crippen LogP contribution in [0.2, 0.25) is 0 Å². The lowest BCUT2D eigenvalue weighted by Gasteiger charge is -2.13. The van der Waals surface area contributed by atoms with E-state index in [-0.39, 0.29) is 12.6 Å². The van der Waals surface area contributed by atoms with Crippen LogP contribution in [0, 0.1) is 34.6 Å². The predicted molar refractivity (Wildman–Crippen MR) is 112 cm³/mol. The van der Waals surface area contributed by atoms with Gasteiger partial charge in [-0.1, -0.05) is 12.1 Å². The fourth-order valence-corrected chi connectivity index (χ4v) is 2.80. The Bertz CT molecular complexity index is 869. The van der Waals surface area contributed by atoms with E-state index in [1.165, 1.54) is 11.1 Å². The van der Waals surface area contributed by atoms with E-state index in [1.807, 2.05) is 51.2 Å². The zero-order valence-electron chi connectivity index (χ0n) is 17.5. The molecule has 4 heteroatoms. The third kappa shape index (κ3) is 5.19. The average molecular weight is 367 g/mol. The number of carbonyl (C=O) groups excluding carboxylic acids is 1. The minimum Gasteiger partial charge on any atom is -0.457 e. The smallest absolute Gasteiger partial charge is 0.338 e. The third-order valence-electron chi connectivity index (χ3n) is 4.97. The second-order valence-electron chi connectivity index (χ2n) is 7.21. The first-order valence-corrected chi connectivity index (χ1v) is 9.32. The van der Waals surface area contributed by atoms with Crippen LogP contribution in [0.25, 0.3) is 0 Å². The lowest BCUT2D eigenvalue weighted by atomic mass is 10.0. The van der Waals surface area contributed by atoms with Crippen molar-refractivity contribution >= 4 is 18.0 Å². The first-order chi connectivity index (χ1) is 12.7. The standard InChI is InChI=1S/C23H30N2O2/c1-8-25(7)14-24-22-12-18(5)21(11-19(22)6)23(26)27-13-20-10-16(3)15(2)9-17(20)4/h9-12,14H,8,13H2,1-7H3/b24-14+. The molecule has 0 unspecified atom stereocenters. The van der Waals surface area contributed by atoms with Crippen LogP contribution in [0.3, 0.4) is 0 Å². The zero-order valence-corrected chi connectivity index (χ0v) is 17.5. The van der Waals surface area contributed by atoms with Gasteiger partial charge in [0, 0.05) is 13.6 Å². The lowest BCUT2D eigenvalue weighted by Crippen LogP contribution is -2.14. The van der Waals surface area contributed by atoms with Crippen LogP contribution in [0.1, 0.15) is 50.7 Å². The molecule has 0 heterocycles. The molecule has 0 bridgehead atoms. The largest absolute Gasteiger partial charge is 0.457 e. The van der Waals surface area contributed by atoms with Crippen LogP contribution in [-0.2, 0) is 11.3 Å². The second-order valence-corrected chi connectivity index (χ2v) is 7.21. The topological polar surface area (TPSA) is 41.9 Å². The molecule has 0 aromatic heterocycles. The van der Waals surface area contributed by atoms with E-state index in [0.29, 0.717) is 5.56 Å². The normalized spacial score (nSPS) is 11.1. The number of hydrogen-bond acceptors (Lipinski definition) is 3. The van der Waals surface area contributed by atoms with E-state index >= 15 is 0 Å². The molecule has 2 aromatic rings. The van der Waals surface area contributed by atoms with Gasteiger partial charge in [-0.3, -0.25) is 0 Å². The molecule has 0 aliphatic heterocycles. The van der Waals surface area contributed by atoms with E-state index < -0.39 is 0 Å². The van der Waals surface area contributed by atoms with Crippen molar-refractivity contribution in [3.8, 4) is 0 Å². The number of benzene rings is 2. The molecule has 2 aromatic carbocycles. The summed E-state index contributed by atoms with van der Waals surface area (Å²) in [6, 6.07) is 8.03. The number of carbonyl (C=O) groups is 1. The highest BCUT2D eigenvalue weighted by Gasteiger charge is 2.14. The Balaban J connectivity index is 2.16. The summed E-state index contributed by atoms with van der Waals surface area (Å²) in [5.74, 6) is -0.297. The van der Waals surface area contributed by atoms with Crippen LogP contribution in [0.15, 0.2) is 29.3 Å². The van der Waals surface area contributed by atoms with Crippen molar-refractivity contribution in [2.75, 3.05) is 13.6 Å². The summed E-state index contributed by atoms with van der Waals surface area (Å²) in [7, 11) is 1.98. The summed E-state index contributed by atoms with van der Waals surface area (Å²) >= 11 is 0. The number of esters is 1. The van der Waals surface area contributed by atoms with Crippen LogP contribution < -0.4 is 0 Å². The van der Waals surface area contributed by atoms with E-state index in [9.17, 15) is 4.79 Å². The van der Waals surface area contributed by atoms with E-state index in [0.717, 1.165) is 34.5 Å². The molecule has 2 rings (SSSR count). The minimum absolute atomic E-state index is 0.283. The van der Waals surface area contributed by atoms with Crippen LogP contribution in [0.5, 0.6) is 0 Å². The summed E-state index contributed by atoms with van der Waals surface area (Å²) in [4.78, 5) is 19.1. The van der Waals surface area contributed by atoms with Gasteiger partial charge in [-0.05, 0) is 87.1 Å². The molecule has 4 nitrogen and oxygen atoms in total. The number of ether oxygens (including phenoxy) is 1. The molecule has 0 spiro atoms. The Morgan fingerprint density at radius 1 is 0.963 bits per heavy atom. The molecule has 0 fully saturated rings. The number of aliphatic imine (C=N–C) groups is 1. The zero-order chi connectivity index (χ0) is 20.1. The monoisotopic (exact) mass is 366 g/mol. The number of hydrogen-bond donors (Lipinski definition) is 0. The molecule has 0 amide bonds. The van der Waals surface area contributed by atoms with Gasteiger partial charge in [0.2, 0.25) is 0 Å². The van der Waals surface area contributed by atoms with Gasteiger partial charge in [-0.25, -0.2) is 9.79 Å². The first-order valence-electron chi connectivity index (χ1n) is 9.32. The van der Waals surface area contributed by atoms with E-state index in [4.69, 9.17) is 4.74 Å². The summed E-state index contributed by atoms with van der Waals surface area (Å²) in [6.45, 7) is 13.3. The van der Waals surface area contributed by atoms with Gasteiger partial charge in [0.05, 0.1) is 17.6 Å². The van der Waals surface area contributed by atoms with Crippen molar-refractivity contribution in [2.24, 2.45) is 4.99 Å². The van der Waals surface area contributed by atoms with Crippen molar-refractivity contribution in [3.05, 3.63) is 63.2 Å². The van der Waals surface area contributed by atoms with E-state index in [1.54, 1.807) is 0 Å². The first kappa shape index (κ1) is 20.7. The van der Waals surface area contributed by atoms with Gasteiger partial charge in [0.25, 0.3) is 0 Å². The van der Waals surface area contributed by atoms with Gasteiger partial charge in [0.15, 0.2) is 0 Å². The lowest BCUT2D eigenvalue weighted by molar-refractivity contribution is 0.0471. The maximum absolute atomic E-state index is 12.6. The minimum atomic E-state index is -0.297. The van der Waals surface area contributed by atoms with Crippen molar-refractivity contribution in [1.29, 1.82) is 0 Å². The Hall–Kier alpha value is -2.62. The summed E-state index contributed by atoms with van der Waals surface area (Å²) in [5.41, 5.74) is 7.93. The molecule has 144 valence electrons. The molecular formula is C23H30N2O2. The molecule has 0 saturated heterocycles. The van der Waals surface area contributed by atoms with Gasteiger partial charge in [-0.2, -0.15) is 0 Å². The van der Waals surface area contributed by atoms with Crippen molar-refractivity contribution < 1.29 is 9.53 Å². The SMILES string of the molecule is CCN(C)/C=N/c1cc(C)c(C(=O)OCc2cc(C)c(C)cc2C)cc1C. The molecule has 0 saturated carbocycles. The molecule has 0 N–H and O–H groups in total.